The third kappa shape index (κ3) is 4.02. The highest BCUT2D eigenvalue weighted by molar-refractivity contribution is 8.00. The monoisotopic (exact) mass is 514 g/mol. The van der Waals surface area contributed by atoms with E-state index in [-0.39, 0.29) is 29.8 Å². The smallest absolute Gasteiger partial charge is 0.352 e. The number of anilines is 1. The van der Waals surface area contributed by atoms with Crippen molar-refractivity contribution < 1.29 is 37.8 Å². The highest BCUT2D eigenvalue weighted by atomic mass is 32.2. The summed E-state index contributed by atoms with van der Waals surface area (Å²) in [5, 5.41) is 19.9. The average molecular weight is 515 g/mol. The highest BCUT2D eigenvalue weighted by Crippen LogP contribution is 2.40. The minimum Gasteiger partial charge on any atom is -0.477 e. The van der Waals surface area contributed by atoms with Crippen molar-refractivity contribution in [1.82, 2.24) is 20.4 Å². The number of fused-ring (bicyclic) bond motifs is 2. The number of nitrogens with two attached hydrogens (primary N) is 1. The average Bonchev–Trinajstić information content (AvgIpc) is 3.44. The van der Waals surface area contributed by atoms with Crippen LogP contribution in [0.3, 0.4) is 0 Å². The molecule has 1 saturated heterocycles. The van der Waals surface area contributed by atoms with Crippen LogP contribution < -0.4 is 15.6 Å². The number of aliphatic carboxylic acids is 1. The molecule has 4 N–H and O–H groups in total. The summed E-state index contributed by atoms with van der Waals surface area (Å²) in [7, 11) is 1.22. The minimum absolute atomic E-state index is 0.103. The van der Waals surface area contributed by atoms with E-state index in [0.29, 0.717) is 16.9 Å². The molecule has 0 saturated carbocycles. The molecule has 1 fully saturated rings. The Balaban J connectivity index is 1.36. The maximum atomic E-state index is 13.0. The van der Waals surface area contributed by atoms with Crippen molar-refractivity contribution in [2.75, 3.05) is 18.6 Å². The van der Waals surface area contributed by atoms with Crippen LogP contribution >= 0.6 is 11.8 Å². The largest absolute Gasteiger partial charge is 0.477 e. The number of hydrogen-bond acceptors (Lipinski definition) is 11. The number of thioether (sulfide) groups is 1. The number of carbonyl (C=O) groups excluding carboxylic acids is 2. The van der Waals surface area contributed by atoms with Gasteiger partial charge in [0.1, 0.15) is 30.0 Å². The Morgan fingerprint density at radius 1 is 1.47 bits per heavy atom. The molecular weight excluding hydrogens is 494 g/mol. The molecule has 186 valence electrons. The molecule has 2 aliphatic rings. The van der Waals surface area contributed by atoms with Crippen LogP contribution in [-0.4, -0.2) is 67.9 Å². The van der Waals surface area contributed by atoms with Crippen LogP contribution in [0, 0.1) is 6.92 Å². The number of carbonyl (C=O) groups is 3. The summed E-state index contributed by atoms with van der Waals surface area (Å²) in [4.78, 5) is 47.5. The highest BCUT2D eigenvalue weighted by Gasteiger charge is 2.55. The van der Waals surface area contributed by atoms with Gasteiger partial charge in [-0.3, -0.25) is 14.5 Å². The van der Waals surface area contributed by atoms with E-state index in [0.717, 1.165) is 11.1 Å². The number of carboxylic acid groups (broad SMARTS) is 1. The molecule has 14 nitrogen and oxygen atoms in total. The van der Waals surface area contributed by atoms with Crippen molar-refractivity contribution in [3.05, 3.63) is 47.4 Å². The second-order valence-corrected chi connectivity index (χ2v) is 9.10. The van der Waals surface area contributed by atoms with Crippen LogP contribution in [-0.2, 0) is 25.8 Å². The number of pyridine rings is 1. The zero-order chi connectivity index (χ0) is 25.6. The molecule has 0 spiro atoms. The summed E-state index contributed by atoms with van der Waals surface area (Å²) in [5.74, 6) is -1.72. The quantitative estimate of drug-likeness (QED) is 0.164. The molecule has 0 bridgehead atoms. The van der Waals surface area contributed by atoms with Crippen LogP contribution in [0.25, 0.3) is 11.0 Å². The third-order valence-electron chi connectivity index (χ3n) is 5.60. The van der Waals surface area contributed by atoms with Gasteiger partial charge in [-0.1, -0.05) is 10.3 Å². The van der Waals surface area contributed by atoms with Crippen LogP contribution in [0.15, 0.2) is 49.9 Å². The van der Waals surface area contributed by atoms with E-state index in [1.165, 1.54) is 23.8 Å². The van der Waals surface area contributed by atoms with E-state index < -0.39 is 29.2 Å². The van der Waals surface area contributed by atoms with E-state index in [1.807, 2.05) is 25.3 Å². The standard InChI is InChI=1S/C21H19N7O7S/c1-9-5-10-3-4-27(7-12(10)34-9)6-11-8-36-19-14(18(30)28(19)15(11)20(31)32)23-17(29)13(25-33-2)16-24-21(22)35-26-16/h3-5,7,14,19H,6,8H2,1-2H3,(H3-,22,23,24,26,29,31,32)/p+1/b25-13+. The van der Waals surface area contributed by atoms with Gasteiger partial charge < -0.3 is 29.9 Å². The Morgan fingerprint density at radius 3 is 2.97 bits per heavy atom. The van der Waals surface area contributed by atoms with Gasteiger partial charge in [0.15, 0.2) is 18.3 Å². The molecule has 5 rings (SSSR count). The normalized spacial score (nSPS) is 19.8. The number of oxime groups is 1. The predicted octanol–water partition coefficient (Wildman–Crippen LogP) is -0.217. The first kappa shape index (κ1) is 23.3. The molecule has 2 atom stereocenters. The van der Waals surface area contributed by atoms with E-state index >= 15 is 0 Å². The number of nitrogen functional groups attached to an aromatic ring is 1. The topological polar surface area (TPSA) is 190 Å². The number of carboxylic acids is 1. The maximum absolute atomic E-state index is 13.0. The second-order valence-electron chi connectivity index (χ2n) is 7.99. The molecule has 15 heteroatoms. The summed E-state index contributed by atoms with van der Waals surface area (Å²) < 4.78 is 12.1. The van der Waals surface area contributed by atoms with Crippen LogP contribution in [0.5, 0.6) is 0 Å². The molecule has 0 radical (unpaired) electrons. The maximum Gasteiger partial charge on any atom is 0.352 e. The summed E-state index contributed by atoms with van der Waals surface area (Å²) in [6.45, 7) is 2.10. The number of aromatic nitrogens is 3. The van der Waals surface area contributed by atoms with Gasteiger partial charge in [-0.25, -0.2) is 4.79 Å². The van der Waals surface area contributed by atoms with Crippen LogP contribution in [0.1, 0.15) is 11.6 Å². The number of nitrogens with one attached hydrogen (secondary N) is 1. The molecule has 3 aromatic heterocycles. The van der Waals surface area contributed by atoms with Crippen molar-refractivity contribution in [3.8, 4) is 0 Å². The van der Waals surface area contributed by atoms with Crippen molar-refractivity contribution in [2.45, 2.75) is 24.9 Å². The van der Waals surface area contributed by atoms with Gasteiger partial charge in [0.25, 0.3) is 11.8 Å². The Kier molecular flexibility index (Phi) is 5.83. The second kappa shape index (κ2) is 8.99. The molecule has 2 unspecified atom stereocenters. The van der Waals surface area contributed by atoms with Gasteiger partial charge in [-0.15, -0.1) is 11.8 Å². The van der Waals surface area contributed by atoms with Crippen LogP contribution in [0.4, 0.5) is 6.01 Å². The van der Waals surface area contributed by atoms with Gasteiger partial charge in [0.2, 0.25) is 17.7 Å². The fraction of sp³-hybridized carbons (Fsp3) is 0.286. The lowest BCUT2D eigenvalue weighted by Gasteiger charge is -2.49. The molecule has 0 aliphatic carbocycles. The lowest BCUT2D eigenvalue weighted by molar-refractivity contribution is -0.688. The number of nitrogens with zero attached hydrogens (tertiary/aromatic N) is 5. The van der Waals surface area contributed by atoms with Gasteiger partial charge >= 0.3 is 12.0 Å². The van der Waals surface area contributed by atoms with E-state index in [1.54, 1.807) is 10.8 Å². The predicted molar refractivity (Wildman–Crippen MR) is 123 cm³/mol. The first-order chi connectivity index (χ1) is 17.3. The van der Waals surface area contributed by atoms with Crippen molar-refractivity contribution in [3.63, 3.8) is 0 Å². The van der Waals surface area contributed by atoms with E-state index in [4.69, 9.17) is 10.2 Å². The summed E-state index contributed by atoms with van der Waals surface area (Å²) >= 11 is 1.34. The Labute approximate surface area is 206 Å². The SMILES string of the molecule is CO/N=C(/C(=O)NC1C(=O)N2C(C(=O)O)=C(C[n+]3ccc4cc(C)oc4c3)CSC12)c1noc(N)n1. The summed E-state index contributed by atoms with van der Waals surface area (Å²) in [5.41, 5.74) is 6.18. The number of amides is 2. The molecule has 3 aromatic rings. The molecular formula is C21H20N7O7S+. The number of hydrogen-bond donors (Lipinski definition) is 3. The Hall–Kier alpha value is -4.40. The number of furan rings is 1. The van der Waals surface area contributed by atoms with Gasteiger partial charge in [0.05, 0.1) is 0 Å². The number of β-lactam (4-membered cyclic amide) rings is 1. The lowest BCUT2D eigenvalue weighted by atomic mass is 10.0. The van der Waals surface area contributed by atoms with Crippen molar-refractivity contribution in [1.29, 1.82) is 0 Å². The van der Waals surface area contributed by atoms with Gasteiger partial charge in [-0.05, 0) is 13.0 Å². The first-order valence-electron chi connectivity index (χ1n) is 10.6. The fourth-order valence-corrected chi connectivity index (χ4v) is 5.43. The first-order valence-corrected chi connectivity index (χ1v) is 11.6. The number of rotatable bonds is 7. The number of aryl methyl sites for hydroxylation is 1. The van der Waals surface area contributed by atoms with Gasteiger partial charge in [0, 0.05) is 22.8 Å². The van der Waals surface area contributed by atoms with Crippen molar-refractivity contribution in [2.24, 2.45) is 5.16 Å². The molecule has 5 heterocycles. The van der Waals surface area contributed by atoms with Gasteiger partial charge in [-0.2, -0.15) is 9.55 Å². The summed E-state index contributed by atoms with van der Waals surface area (Å²) in [6.07, 6.45) is 3.61. The summed E-state index contributed by atoms with van der Waals surface area (Å²) in [6, 6.07) is 2.52. The third-order valence-corrected chi connectivity index (χ3v) is 6.94. The molecule has 2 amide bonds. The fourth-order valence-electron chi connectivity index (χ4n) is 4.09. The zero-order valence-electron chi connectivity index (χ0n) is 19.0. The van der Waals surface area contributed by atoms with E-state index in [2.05, 4.69) is 30.0 Å². The molecule has 2 aliphatic heterocycles. The Bertz CT molecular complexity index is 1460. The lowest BCUT2D eigenvalue weighted by Crippen LogP contribution is -2.71. The molecule has 0 aromatic carbocycles. The molecule has 36 heavy (non-hydrogen) atoms. The van der Waals surface area contributed by atoms with Crippen molar-refractivity contribution >= 4 is 52.2 Å². The van der Waals surface area contributed by atoms with E-state index in [9.17, 15) is 19.5 Å². The Morgan fingerprint density at radius 2 is 2.28 bits per heavy atom. The minimum atomic E-state index is -1.23. The van der Waals surface area contributed by atoms with Crippen LogP contribution in [0.2, 0.25) is 0 Å². The zero-order valence-corrected chi connectivity index (χ0v) is 19.8.